The van der Waals surface area contributed by atoms with Crippen molar-refractivity contribution in [2.24, 2.45) is 0 Å². The van der Waals surface area contributed by atoms with Gasteiger partial charge in [-0.2, -0.15) is 0 Å². The van der Waals surface area contributed by atoms with E-state index in [1.807, 2.05) is 18.2 Å². The summed E-state index contributed by atoms with van der Waals surface area (Å²) in [4.78, 5) is 15.0. The number of benzene rings is 2. The minimum absolute atomic E-state index is 0.185. The van der Waals surface area contributed by atoms with Crippen LogP contribution in [0.2, 0.25) is 0 Å². The average molecular weight is 450 g/mol. The lowest BCUT2D eigenvalue weighted by atomic mass is 10.1. The number of nitrogens with zero attached hydrogens (tertiary/aromatic N) is 3. The molecule has 0 radical (unpaired) electrons. The fourth-order valence-electron chi connectivity index (χ4n) is 3.98. The Bertz CT molecular complexity index is 1030. The van der Waals surface area contributed by atoms with Crippen LogP contribution in [0, 0.1) is 0 Å². The van der Waals surface area contributed by atoms with Gasteiger partial charge < -0.3 is 24.7 Å². The molecule has 8 nitrogen and oxygen atoms in total. The normalized spacial score (nSPS) is 14.1. The Kier molecular flexibility index (Phi) is 7.92. The Labute approximate surface area is 194 Å². The standard InChI is InChI=1S/C25H31N5O3/c1-32-22-18-20(27-23(31)19-10-4-2-5-11-19)12-13-21(22)24-28-29-25(33-24)26-14-6-9-17-30-15-7-3-8-16-30/h2,4-5,10-13,18H,3,6-9,14-17H2,1H3,(H,26,29)(H,27,31). The van der Waals surface area contributed by atoms with E-state index >= 15 is 0 Å². The smallest absolute Gasteiger partial charge is 0.315 e. The number of hydrogen-bond acceptors (Lipinski definition) is 7. The van der Waals surface area contributed by atoms with Crippen LogP contribution in [0.1, 0.15) is 42.5 Å². The molecular formula is C25H31N5O3. The second kappa shape index (κ2) is 11.5. The molecular weight excluding hydrogens is 418 g/mol. The lowest BCUT2D eigenvalue weighted by molar-refractivity contribution is 0.102. The summed E-state index contributed by atoms with van der Waals surface area (Å²) < 4.78 is 11.3. The Morgan fingerprint density at radius 1 is 1.06 bits per heavy atom. The SMILES string of the molecule is COc1cc(NC(=O)c2ccccc2)ccc1-c1nnc(NCCCCN2CCCCC2)o1. The van der Waals surface area contributed by atoms with Gasteiger partial charge >= 0.3 is 6.01 Å². The number of hydrogen-bond donors (Lipinski definition) is 2. The highest BCUT2D eigenvalue weighted by atomic mass is 16.5. The third-order valence-corrected chi connectivity index (χ3v) is 5.78. The zero-order valence-corrected chi connectivity index (χ0v) is 19.0. The van der Waals surface area contributed by atoms with Gasteiger partial charge in [0.05, 0.1) is 12.7 Å². The number of rotatable bonds is 10. The van der Waals surface area contributed by atoms with Crippen LogP contribution in [0.25, 0.3) is 11.5 Å². The van der Waals surface area contributed by atoms with Crippen LogP contribution >= 0.6 is 0 Å². The molecule has 1 amide bonds. The van der Waals surface area contributed by atoms with Gasteiger partial charge in [0.1, 0.15) is 5.75 Å². The predicted molar refractivity (Wildman–Crippen MR) is 129 cm³/mol. The van der Waals surface area contributed by atoms with Gasteiger partial charge in [-0.15, -0.1) is 5.10 Å². The summed E-state index contributed by atoms with van der Waals surface area (Å²) in [6.07, 6.45) is 6.22. The summed E-state index contributed by atoms with van der Waals surface area (Å²) >= 11 is 0. The van der Waals surface area contributed by atoms with E-state index in [9.17, 15) is 4.79 Å². The van der Waals surface area contributed by atoms with Gasteiger partial charge in [0.25, 0.3) is 11.8 Å². The topological polar surface area (TPSA) is 92.5 Å². The Morgan fingerprint density at radius 3 is 2.67 bits per heavy atom. The van der Waals surface area contributed by atoms with Crippen LogP contribution in [0.3, 0.4) is 0 Å². The second-order valence-electron chi connectivity index (χ2n) is 8.18. The van der Waals surface area contributed by atoms with Crippen LogP contribution in [-0.2, 0) is 0 Å². The predicted octanol–water partition coefficient (Wildman–Crippen LogP) is 4.68. The van der Waals surface area contributed by atoms with E-state index < -0.39 is 0 Å². The van der Waals surface area contributed by atoms with Gasteiger partial charge in [0.2, 0.25) is 0 Å². The molecule has 0 saturated carbocycles. The van der Waals surface area contributed by atoms with E-state index in [0.29, 0.717) is 34.5 Å². The number of likely N-dealkylation sites (tertiary alicyclic amines) is 1. The van der Waals surface area contributed by atoms with Crippen LogP contribution < -0.4 is 15.4 Å². The highest BCUT2D eigenvalue weighted by molar-refractivity contribution is 6.04. The number of nitrogens with one attached hydrogen (secondary N) is 2. The number of carbonyl (C=O) groups excluding carboxylic acids is 1. The summed E-state index contributed by atoms with van der Waals surface area (Å²) in [7, 11) is 1.57. The maximum absolute atomic E-state index is 12.4. The van der Waals surface area contributed by atoms with Crippen molar-refractivity contribution in [3.63, 3.8) is 0 Å². The third-order valence-electron chi connectivity index (χ3n) is 5.78. The molecule has 174 valence electrons. The first kappa shape index (κ1) is 22.8. The molecule has 0 bridgehead atoms. The van der Waals surface area contributed by atoms with Crippen molar-refractivity contribution in [1.82, 2.24) is 15.1 Å². The largest absolute Gasteiger partial charge is 0.496 e. The Morgan fingerprint density at radius 2 is 1.88 bits per heavy atom. The van der Waals surface area contributed by atoms with Gasteiger partial charge in [0, 0.05) is 23.9 Å². The quantitative estimate of drug-likeness (QED) is 0.434. The third kappa shape index (κ3) is 6.32. The second-order valence-corrected chi connectivity index (χ2v) is 8.18. The number of anilines is 2. The molecule has 8 heteroatoms. The number of unbranched alkanes of at least 4 members (excludes halogenated alkanes) is 1. The van der Waals surface area contributed by atoms with Crippen molar-refractivity contribution in [3.05, 3.63) is 54.1 Å². The van der Waals surface area contributed by atoms with Gasteiger partial charge in [-0.25, -0.2) is 0 Å². The molecule has 0 atom stereocenters. The fourth-order valence-corrected chi connectivity index (χ4v) is 3.98. The Hall–Kier alpha value is -3.39. The first-order valence-corrected chi connectivity index (χ1v) is 11.6. The number of aromatic nitrogens is 2. The van der Waals surface area contributed by atoms with Crippen molar-refractivity contribution in [1.29, 1.82) is 0 Å². The lowest BCUT2D eigenvalue weighted by Crippen LogP contribution is -2.30. The van der Waals surface area contributed by atoms with Gasteiger partial charge in [-0.05, 0) is 69.6 Å². The van der Waals surface area contributed by atoms with E-state index in [1.54, 1.807) is 37.4 Å². The molecule has 1 fully saturated rings. The molecule has 0 spiro atoms. The maximum Gasteiger partial charge on any atom is 0.315 e. The molecule has 4 rings (SSSR count). The molecule has 2 N–H and O–H groups in total. The van der Waals surface area contributed by atoms with Crippen molar-refractivity contribution in [3.8, 4) is 17.2 Å². The summed E-state index contributed by atoms with van der Waals surface area (Å²) in [5.74, 6) is 0.719. The van der Waals surface area contributed by atoms with Crippen molar-refractivity contribution >= 4 is 17.6 Å². The number of carbonyl (C=O) groups is 1. The summed E-state index contributed by atoms with van der Waals surface area (Å²) in [6.45, 7) is 4.41. The number of piperidine rings is 1. The van der Waals surface area contributed by atoms with E-state index in [4.69, 9.17) is 9.15 Å². The summed E-state index contributed by atoms with van der Waals surface area (Å²) in [5, 5.41) is 14.3. The van der Waals surface area contributed by atoms with Crippen LogP contribution in [0.5, 0.6) is 5.75 Å². The highest BCUT2D eigenvalue weighted by Gasteiger charge is 2.15. The molecule has 0 unspecified atom stereocenters. The van der Waals surface area contributed by atoms with Crippen LogP contribution in [-0.4, -0.2) is 54.3 Å². The number of ether oxygens (including phenoxy) is 1. The van der Waals surface area contributed by atoms with Crippen LogP contribution in [0.15, 0.2) is 52.9 Å². The molecule has 3 aromatic rings. The van der Waals surface area contributed by atoms with Gasteiger partial charge in [-0.3, -0.25) is 4.79 Å². The molecule has 2 aromatic carbocycles. The lowest BCUT2D eigenvalue weighted by Gasteiger charge is -2.26. The minimum atomic E-state index is -0.185. The van der Waals surface area contributed by atoms with Crippen molar-refractivity contribution < 1.29 is 13.9 Å². The van der Waals surface area contributed by atoms with E-state index in [1.165, 1.54) is 32.4 Å². The first-order valence-electron chi connectivity index (χ1n) is 11.6. The minimum Gasteiger partial charge on any atom is -0.496 e. The first-order chi connectivity index (χ1) is 16.2. The fraction of sp³-hybridized carbons (Fsp3) is 0.400. The zero-order chi connectivity index (χ0) is 22.9. The highest BCUT2D eigenvalue weighted by Crippen LogP contribution is 2.32. The molecule has 2 heterocycles. The van der Waals surface area contributed by atoms with E-state index in [-0.39, 0.29) is 5.91 Å². The van der Waals surface area contributed by atoms with Crippen LogP contribution in [0.4, 0.5) is 11.7 Å². The molecule has 1 saturated heterocycles. The molecule has 1 aliphatic heterocycles. The average Bonchev–Trinajstić information content (AvgIpc) is 3.33. The van der Waals surface area contributed by atoms with Crippen molar-refractivity contribution in [2.45, 2.75) is 32.1 Å². The number of amides is 1. The van der Waals surface area contributed by atoms with E-state index in [0.717, 1.165) is 25.9 Å². The molecule has 33 heavy (non-hydrogen) atoms. The van der Waals surface area contributed by atoms with E-state index in [2.05, 4.69) is 25.7 Å². The van der Waals surface area contributed by atoms with Gasteiger partial charge in [-0.1, -0.05) is 29.7 Å². The van der Waals surface area contributed by atoms with Crippen molar-refractivity contribution in [2.75, 3.05) is 43.9 Å². The summed E-state index contributed by atoms with van der Waals surface area (Å²) in [5.41, 5.74) is 1.88. The Balaban J connectivity index is 1.30. The zero-order valence-electron chi connectivity index (χ0n) is 19.0. The summed E-state index contributed by atoms with van der Waals surface area (Å²) in [6, 6.07) is 14.8. The molecule has 1 aromatic heterocycles. The maximum atomic E-state index is 12.4. The monoisotopic (exact) mass is 449 g/mol. The van der Waals surface area contributed by atoms with Gasteiger partial charge in [0.15, 0.2) is 0 Å². The number of methoxy groups -OCH3 is 1. The molecule has 0 aliphatic carbocycles. The molecule has 1 aliphatic rings.